The summed E-state index contributed by atoms with van der Waals surface area (Å²) in [4.78, 5) is 10.3. The number of alkyl halides is 3. The highest BCUT2D eigenvalue weighted by atomic mass is 19.3. The average molecular weight is 196 g/mol. The lowest BCUT2D eigenvalue weighted by atomic mass is 10.2. The Labute approximate surface area is 74.4 Å². The van der Waals surface area contributed by atoms with E-state index in [0.717, 1.165) is 0 Å². The topological polar surface area (TPSA) is 26.3 Å². The van der Waals surface area contributed by atoms with Crippen molar-refractivity contribution in [2.75, 3.05) is 0 Å². The van der Waals surface area contributed by atoms with Gasteiger partial charge in [-0.1, -0.05) is 19.9 Å². The zero-order chi connectivity index (χ0) is 10.5. The summed E-state index contributed by atoms with van der Waals surface area (Å²) in [6, 6.07) is 0. The van der Waals surface area contributed by atoms with E-state index in [4.69, 9.17) is 0 Å². The number of halogens is 3. The monoisotopic (exact) mass is 196 g/mol. The molecule has 0 spiro atoms. The molecule has 0 heterocycles. The van der Waals surface area contributed by atoms with Crippen molar-refractivity contribution >= 4 is 5.97 Å². The Morgan fingerprint density at radius 3 is 2.62 bits per heavy atom. The molecule has 0 bridgehead atoms. The van der Waals surface area contributed by atoms with Crippen molar-refractivity contribution in [3.05, 3.63) is 12.7 Å². The molecule has 0 saturated heterocycles. The molecule has 0 aliphatic rings. The summed E-state index contributed by atoms with van der Waals surface area (Å²) in [5, 5.41) is 0. The molecule has 0 fully saturated rings. The maximum absolute atomic E-state index is 12.6. The van der Waals surface area contributed by atoms with Gasteiger partial charge in [-0.25, -0.2) is 9.18 Å². The van der Waals surface area contributed by atoms with Gasteiger partial charge in [0.2, 0.25) is 6.17 Å². The highest BCUT2D eigenvalue weighted by Crippen LogP contribution is 2.26. The van der Waals surface area contributed by atoms with E-state index in [-0.39, 0.29) is 12.8 Å². The van der Waals surface area contributed by atoms with Gasteiger partial charge in [0.25, 0.3) is 0 Å². The molecule has 0 rings (SSSR count). The third kappa shape index (κ3) is 3.96. The van der Waals surface area contributed by atoms with Gasteiger partial charge >= 0.3 is 12.1 Å². The molecule has 0 aliphatic carbocycles. The predicted octanol–water partition coefficient (Wildman–Crippen LogP) is 2.45. The largest absolute Gasteiger partial charge is 0.432 e. The number of carbonyl (C=O) groups is 1. The van der Waals surface area contributed by atoms with Crippen LogP contribution in [-0.4, -0.2) is 18.2 Å². The Kier molecular flexibility index (Phi) is 4.51. The smallest absolute Gasteiger partial charge is 0.395 e. The van der Waals surface area contributed by atoms with Crippen LogP contribution in [0.1, 0.15) is 19.8 Å². The molecule has 2 nitrogen and oxygen atoms in total. The van der Waals surface area contributed by atoms with Crippen LogP contribution in [0.15, 0.2) is 12.7 Å². The Morgan fingerprint density at radius 1 is 1.69 bits per heavy atom. The normalized spacial score (nSPS) is 13.5. The molecule has 0 aromatic heterocycles. The van der Waals surface area contributed by atoms with Crippen molar-refractivity contribution in [1.29, 1.82) is 0 Å². The molecule has 1 atom stereocenters. The quantitative estimate of drug-likeness (QED) is 0.498. The maximum atomic E-state index is 12.6. The fourth-order valence-electron chi connectivity index (χ4n) is 0.661. The minimum absolute atomic E-state index is 0.252. The summed E-state index contributed by atoms with van der Waals surface area (Å²) in [6.45, 7) is 4.47. The first-order chi connectivity index (χ1) is 5.94. The van der Waals surface area contributed by atoms with Crippen molar-refractivity contribution in [1.82, 2.24) is 0 Å². The standard InChI is InChI=1S/C8H11F3O2/c1-3-5-6(9)8(10,11)13-7(12)4-2/h4,6H,2-3,5H2,1H3. The average Bonchev–Trinajstić information content (AvgIpc) is 2.04. The number of carbonyl (C=O) groups excluding carboxylic acids is 1. The van der Waals surface area contributed by atoms with Crippen LogP contribution in [0, 0.1) is 0 Å². The van der Waals surface area contributed by atoms with E-state index in [1.807, 2.05) is 0 Å². The van der Waals surface area contributed by atoms with Crippen LogP contribution in [0.4, 0.5) is 13.2 Å². The molecular formula is C8H11F3O2. The fourth-order valence-corrected chi connectivity index (χ4v) is 0.661. The number of hydrogen-bond donors (Lipinski definition) is 0. The van der Waals surface area contributed by atoms with Crippen LogP contribution >= 0.6 is 0 Å². The minimum Gasteiger partial charge on any atom is -0.395 e. The number of hydrogen-bond acceptors (Lipinski definition) is 2. The molecule has 1 unspecified atom stereocenters. The van der Waals surface area contributed by atoms with Gasteiger partial charge in [0.1, 0.15) is 0 Å². The van der Waals surface area contributed by atoms with E-state index in [0.29, 0.717) is 6.08 Å². The Balaban J connectivity index is 4.19. The van der Waals surface area contributed by atoms with E-state index in [1.54, 1.807) is 6.92 Å². The third-order valence-corrected chi connectivity index (χ3v) is 1.31. The van der Waals surface area contributed by atoms with Crippen LogP contribution < -0.4 is 0 Å². The van der Waals surface area contributed by atoms with Crippen molar-refractivity contribution < 1.29 is 22.7 Å². The molecule has 5 heteroatoms. The SMILES string of the molecule is C=CC(=O)OC(F)(F)C(F)CCC. The van der Waals surface area contributed by atoms with Crippen LogP contribution in [0.5, 0.6) is 0 Å². The molecule has 0 amide bonds. The molecule has 13 heavy (non-hydrogen) atoms. The van der Waals surface area contributed by atoms with Crippen LogP contribution in [-0.2, 0) is 9.53 Å². The number of rotatable bonds is 5. The van der Waals surface area contributed by atoms with E-state index in [1.165, 1.54) is 0 Å². The Morgan fingerprint density at radius 2 is 2.23 bits per heavy atom. The Hall–Kier alpha value is -1.00. The molecule has 0 aromatic rings. The van der Waals surface area contributed by atoms with Crippen molar-refractivity contribution in [3.63, 3.8) is 0 Å². The molecule has 76 valence electrons. The summed E-state index contributed by atoms with van der Waals surface area (Å²) in [5.41, 5.74) is 0. The molecule has 0 radical (unpaired) electrons. The van der Waals surface area contributed by atoms with Gasteiger partial charge in [-0.3, -0.25) is 0 Å². The van der Waals surface area contributed by atoms with Gasteiger partial charge in [0, 0.05) is 6.08 Å². The molecule has 0 aromatic carbocycles. The van der Waals surface area contributed by atoms with Crippen LogP contribution in [0.2, 0.25) is 0 Å². The second-order valence-electron chi connectivity index (χ2n) is 2.44. The Bertz CT molecular complexity index is 192. The van der Waals surface area contributed by atoms with Gasteiger partial charge in [0.05, 0.1) is 0 Å². The van der Waals surface area contributed by atoms with Gasteiger partial charge in [-0.05, 0) is 6.42 Å². The molecule has 0 saturated carbocycles. The number of ether oxygens (including phenoxy) is 1. The summed E-state index contributed by atoms with van der Waals surface area (Å²) in [7, 11) is 0. The fraction of sp³-hybridized carbons (Fsp3) is 0.625. The number of esters is 1. The van der Waals surface area contributed by atoms with Gasteiger partial charge < -0.3 is 4.74 Å². The van der Waals surface area contributed by atoms with Crippen LogP contribution in [0.3, 0.4) is 0 Å². The van der Waals surface area contributed by atoms with Gasteiger partial charge in [-0.2, -0.15) is 8.78 Å². The second-order valence-corrected chi connectivity index (χ2v) is 2.44. The highest BCUT2D eigenvalue weighted by molar-refractivity contribution is 5.81. The third-order valence-electron chi connectivity index (χ3n) is 1.31. The maximum Gasteiger partial charge on any atom is 0.432 e. The molecule has 0 N–H and O–H groups in total. The van der Waals surface area contributed by atoms with E-state index in [9.17, 15) is 18.0 Å². The van der Waals surface area contributed by atoms with E-state index < -0.39 is 18.2 Å². The van der Waals surface area contributed by atoms with Gasteiger partial charge in [-0.15, -0.1) is 0 Å². The van der Waals surface area contributed by atoms with Crippen molar-refractivity contribution in [2.45, 2.75) is 32.0 Å². The van der Waals surface area contributed by atoms with Gasteiger partial charge in [0.15, 0.2) is 0 Å². The first-order valence-corrected chi connectivity index (χ1v) is 3.81. The summed E-state index contributed by atoms with van der Waals surface area (Å²) < 4.78 is 41.3. The summed E-state index contributed by atoms with van der Waals surface area (Å²) >= 11 is 0. The molecular weight excluding hydrogens is 185 g/mol. The van der Waals surface area contributed by atoms with E-state index in [2.05, 4.69) is 11.3 Å². The predicted molar refractivity (Wildman–Crippen MR) is 41.0 cm³/mol. The van der Waals surface area contributed by atoms with E-state index >= 15 is 0 Å². The lowest BCUT2D eigenvalue weighted by Crippen LogP contribution is -2.34. The first kappa shape index (κ1) is 12.0. The van der Waals surface area contributed by atoms with Crippen molar-refractivity contribution in [3.8, 4) is 0 Å². The lowest BCUT2D eigenvalue weighted by Gasteiger charge is -2.18. The first-order valence-electron chi connectivity index (χ1n) is 3.81. The zero-order valence-corrected chi connectivity index (χ0v) is 7.23. The molecule has 0 aliphatic heterocycles. The van der Waals surface area contributed by atoms with Crippen LogP contribution in [0.25, 0.3) is 0 Å². The zero-order valence-electron chi connectivity index (χ0n) is 7.23. The minimum atomic E-state index is -4.05. The van der Waals surface area contributed by atoms with Crippen molar-refractivity contribution in [2.24, 2.45) is 0 Å². The highest BCUT2D eigenvalue weighted by Gasteiger charge is 2.43. The lowest BCUT2D eigenvalue weighted by molar-refractivity contribution is -0.258. The summed E-state index contributed by atoms with van der Waals surface area (Å²) in [6.07, 6.45) is -6.05. The summed E-state index contributed by atoms with van der Waals surface area (Å²) in [5.74, 6) is -1.33. The second kappa shape index (κ2) is 4.89.